The predicted octanol–water partition coefficient (Wildman–Crippen LogP) is 2.70. The second-order valence-electron chi connectivity index (χ2n) is 2.99. The van der Waals surface area contributed by atoms with E-state index in [-0.39, 0.29) is 0 Å². The zero-order valence-electron chi connectivity index (χ0n) is 7.70. The summed E-state index contributed by atoms with van der Waals surface area (Å²) in [4.78, 5) is 4.44. The second kappa shape index (κ2) is 4.25. The van der Waals surface area contributed by atoms with Gasteiger partial charge < -0.3 is 0 Å². The molecule has 0 bridgehead atoms. The molecule has 1 aromatic carbocycles. The van der Waals surface area contributed by atoms with Crippen LogP contribution in [0.25, 0.3) is 10.9 Å². The van der Waals surface area contributed by atoms with E-state index in [1.807, 2.05) is 37.3 Å². The molecule has 1 aromatic heterocycles. The van der Waals surface area contributed by atoms with Gasteiger partial charge in [0, 0.05) is 0 Å². The van der Waals surface area contributed by atoms with Crippen molar-refractivity contribution in [1.29, 1.82) is 0 Å². The van der Waals surface area contributed by atoms with E-state index in [1.54, 1.807) is 0 Å². The Bertz CT molecular complexity index is 461. The molecule has 0 fully saturated rings. The molecule has 0 saturated heterocycles. The average Bonchev–Trinajstić information content (AvgIpc) is 2.19. The van der Waals surface area contributed by atoms with Gasteiger partial charge >= 0.3 is 94.5 Å². The molecule has 2 rings (SSSR count). The van der Waals surface area contributed by atoms with Crippen molar-refractivity contribution in [2.75, 3.05) is 0 Å². The Balaban J connectivity index is 2.64. The predicted molar refractivity (Wildman–Crippen MR) is 58.7 cm³/mol. The molecule has 0 amide bonds. The summed E-state index contributed by atoms with van der Waals surface area (Å²) < 4.78 is 5.43. The Morgan fingerprint density at radius 2 is 2.14 bits per heavy atom. The van der Waals surface area contributed by atoms with Crippen LogP contribution >= 0.6 is 9.64 Å². The molecule has 1 heterocycles. The van der Waals surface area contributed by atoms with Gasteiger partial charge in [-0.3, -0.25) is 0 Å². The van der Waals surface area contributed by atoms with Gasteiger partial charge in [-0.1, -0.05) is 0 Å². The van der Waals surface area contributed by atoms with Gasteiger partial charge in [-0.05, 0) is 0 Å². The topological polar surface area (TPSA) is 22.1 Å². The number of aryl methyl sites for hydroxylation is 1. The number of hydrogen-bond acceptors (Lipinski definition) is 2. The molecule has 14 heavy (non-hydrogen) atoms. The van der Waals surface area contributed by atoms with Crippen LogP contribution in [0.3, 0.4) is 0 Å². The van der Waals surface area contributed by atoms with E-state index in [0.717, 1.165) is 22.3 Å². The number of pyridine rings is 1. The number of rotatable bonds is 2. The molecule has 0 aliphatic heterocycles. The first-order valence-corrected chi connectivity index (χ1v) is 8.43. The average molecular weight is 263 g/mol. The molecular formula is C10H8ClGaNO. The first-order valence-electron chi connectivity index (χ1n) is 4.26. The summed E-state index contributed by atoms with van der Waals surface area (Å²) in [6, 6.07) is 9.92. The number of halogens is 1. The first kappa shape index (κ1) is 9.89. The van der Waals surface area contributed by atoms with Crippen LogP contribution in [0.15, 0.2) is 30.3 Å². The first-order chi connectivity index (χ1) is 6.81. The number of fused-ring (bicyclic) bond motifs is 1. The fourth-order valence-electron chi connectivity index (χ4n) is 1.36. The maximum absolute atomic E-state index is 5.68. The third-order valence-corrected chi connectivity index (χ3v) is 3.18. The van der Waals surface area contributed by atoms with Crippen molar-refractivity contribution in [3.8, 4) is 5.75 Å². The van der Waals surface area contributed by atoms with Gasteiger partial charge in [-0.15, -0.1) is 0 Å². The van der Waals surface area contributed by atoms with Gasteiger partial charge in [0.1, 0.15) is 0 Å². The van der Waals surface area contributed by atoms with E-state index < -0.39 is 16.8 Å². The summed E-state index contributed by atoms with van der Waals surface area (Å²) >= 11 is -1.09. The van der Waals surface area contributed by atoms with Gasteiger partial charge in [-0.25, -0.2) is 0 Å². The van der Waals surface area contributed by atoms with E-state index in [2.05, 4.69) is 4.98 Å². The van der Waals surface area contributed by atoms with Gasteiger partial charge in [0.2, 0.25) is 0 Å². The van der Waals surface area contributed by atoms with Crippen molar-refractivity contribution in [2.24, 2.45) is 0 Å². The Labute approximate surface area is 94.5 Å². The zero-order chi connectivity index (χ0) is 9.97. The molecule has 0 unspecified atom stereocenters. The van der Waals surface area contributed by atoms with Crippen LogP contribution in [-0.2, 0) is 0 Å². The second-order valence-corrected chi connectivity index (χ2v) is 4.78. The van der Waals surface area contributed by atoms with Gasteiger partial charge in [0.25, 0.3) is 0 Å². The Hall–Kier alpha value is -0.644. The van der Waals surface area contributed by atoms with Crippen LogP contribution in [0, 0.1) is 6.92 Å². The number of hydrogen-bond donors (Lipinski definition) is 0. The Morgan fingerprint density at radius 3 is 2.93 bits per heavy atom. The van der Waals surface area contributed by atoms with Crippen molar-refractivity contribution >= 4 is 37.3 Å². The fourth-order valence-corrected chi connectivity index (χ4v) is 2.46. The number of benzene rings is 1. The van der Waals surface area contributed by atoms with Crippen molar-refractivity contribution in [3.63, 3.8) is 0 Å². The van der Waals surface area contributed by atoms with Crippen LogP contribution in [0.2, 0.25) is 0 Å². The summed E-state index contributed by atoms with van der Waals surface area (Å²) in [6.07, 6.45) is 0. The summed E-state index contributed by atoms with van der Waals surface area (Å²) in [5, 5.41) is 1.09. The van der Waals surface area contributed by atoms with Crippen molar-refractivity contribution < 1.29 is 3.53 Å². The molecule has 2 nitrogen and oxygen atoms in total. The number of para-hydroxylation sites is 1. The zero-order valence-corrected chi connectivity index (χ0v) is 10.9. The monoisotopic (exact) mass is 262 g/mol. The van der Waals surface area contributed by atoms with Gasteiger partial charge in [0.15, 0.2) is 0 Å². The SMILES string of the molecule is Cc1ccc2cccc([O][Ga][Cl])c2n1. The third-order valence-electron chi connectivity index (χ3n) is 1.99. The third kappa shape index (κ3) is 1.89. The van der Waals surface area contributed by atoms with Crippen LogP contribution < -0.4 is 3.53 Å². The normalized spacial score (nSPS) is 10.1. The molecule has 0 aliphatic rings. The van der Waals surface area contributed by atoms with Gasteiger partial charge in [-0.2, -0.15) is 0 Å². The van der Waals surface area contributed by atoms with Crippen LogP contribution in [0.1, 0.15) is 5.69 Å². The molecule has 2 aromatic rings. The fraction of sp³-hybridized carbons (Fsp3) is 0.100. The Kier molecular flexibility index (Phi) is 3.01. The molecule has 0 atom stereocenters. The summed E-state index contributed by atoms with van der Waals surface area (Å²) in [7, 11) is 5.68. The van der Waals surface area contributed by atoms with Crippen molar-refractivity contribution in [1.82, 2.24) is 4.98 Å². The molecule has 0 spiro atoms. The minimum atomic E-state index is -1.09. The molecule has 4 heteroatoms. The minimum absolute atomic E-state index is 0.807. The van der Waals surface area contributed by atoms with Crippen LogP contribution in [0.5, 0.6) is 5.75 Å². The van der Waals surface area contributed by atoms with Gasteiger partial charge in [0.05, 0.1) is 0 Å². The molecule has 1 radical (unpaired) electrons. The Morgan fingerprint density at radius 1 is 1.29 bits per heavy atom. The molecule has 69 valence electrons. The molecule has 0 N–H and O–H groups in total. The quantitative estimate of drug-likeness (QED) is 0.777. The van der Waals surface area contributed by atoms with E-state index in [1.165, 1.54) is 0 Å². The van der Waals surface area contributed by atoms with E-state index in [9.17, 15) is 0 Å². The van der Waals surface area contributed by atoms with Crippen molar-refractivity contribution in [2.45, 2.75) is 6.92 Å². The summed E-state index contributed by atoms with van der Waals surface area (Å²) in [6.45, 7) is 1.97. The molecule has 0 saturated carbocycles. The van der Waals surface area contributed by atoms with E-state index in [0.29, 0.717) is 0 Å². The summed E-state index contributed by atoms with van der Waals surface area (Å²) in [5.74, 6) is 0.807. The summed E-state index contributed by atoms with van der Waals surface area (Å²) in [5.41, 5.74) is 1.90. The maximum atomic E-state index is 5.68. The number of aromatic nitrogens is 1. The molecular weight excluding hydrogens is 255 g/mol. The van der Waals surface area contributed by atoms with E-state index >= 15 is 0 Å². The van der Waals surface area contributed by atoms with Crippen molar-refractivity contribution in [3.05, 3.63) is 36.0 Å². The molecule has 0 aliphatic carbocycles. The number of nitrogens with zero attached hydrogens (tertiary/aromatic N) is 1. The van der Waals surface area contributed by atoms with Crippen LogP contribution in [0.4, 0.5) is 0 Å². The van der Waals surface area contributed by atoms with E-state index in [4.69, 9.17) is 13.2 Å². The van der Waals surface area contributed by atoms with Crippen LogP contribution in [-0.4, -0.2) is 21.8 Å². The standard InChI is InChI=1S/C10H9NO.ClH.Ga/c1-7-5-6-8-3-2-4-9(12)10(8)11-7;;/h2-6,12H,1H3;1H;/q;;+2/p-2.